The summed E-state index contributed by atoms with van der Waals surface area (Å²) in [6.45, 7) is 2.85. The van der Waals surface area contributed by atoms with Crippen LogP contribution in [0.1, 0.15) is 31.2 Å². The van der Waals surface area contributed by atoms with Crippen LogP contribution in [0.15, 0.2) is 22.7 Å². The zero-order valence-electron chi connectivity index (χ0n) is 11.7. The summed E-state index contributed by atoms with van der Waals surface area (Å²) in [4.78, 5) is 0. The Balaban J connectivity index is 1.75. The summed E-state index contributed by atoms with van der Waals surface area (Å²) in [6.07, 6.45) is 4.12. The number of nitrogens with one attached hydrogen (secondary N) is 2. The maximum absolute atomic E-state index is 12.0. The van der Waals surface area contributed by atoms with E-state index in [0.29, 0.717) is 18.2 Å². The van der Waals surface area contributed by atoms with Gasteiger partial charge in [0.15, 0.2) is 0 Å². The molecule has 0 heterocycles. The summed E-state index contributed by atoms with van der Waals surface area (Å²) in [5.74, 6) is 0.175. The van der Waals surface area contributed by atoms with Crippen molar-refractivity contribution in [3.63, 3.8) is 0 Å². The van der Waals surface area contributed by atoms with E-state index in [-0.39, 0.29) is 5.75 Å². The fraction of sp³-hybridized carbons (Fsp3) is 0.571. The second-order valence-corrected chi connectivity index (χ2v) is 8.02. The molecule has 0 aliphatic heterocycles. The number of hydrogen-bond donors (Lipinski definition) is 2. The topological polar surface area (TPSA) is 58.2 Å². The Hall–Kier alpha value is -0.590. The van der Waals surface area contributed by atoms with Crippen molar-refractivity contribution in [3.05, 3.63) is 28.2 Å². The van der Waals surface area contributed by atoms with Gasteiger partial charge >= 0.3 is 0 Å². The van der Waals surface area contributed by atoms with Crippen LogP contribution in [0.5, 0.6) is 0 Å². The van der Waals surface area contributed by atoms with Crippen LogP contribution in [0, 0.1) is 6.92 Å². The Morgan fingerprint density at radius 2 is 2.05 bits per heavy atom. The second kappa shape index (κ2) is 6.91. The minimum Gasteiger partial charge on any atom is -0.314 e. The fourth-order valence-electron chi connectivity index (χ4n) is 1.95. The highest BCUT2D eigenvalue weighted by Gasteiger charge is 2.19. The van der Waals surface area contributed by atoms with Crippen molar-refractivity contribution in [2.24, 2.45) is 0 Å². The molecule has 4 nitrogen and oxygen atoms in total. The standard InChI is InChI=1S/C14H21BrN2O2S/c1-11-10-13(6-7-14(11)15)17-20(18,19)9-3-2-8-16-12-4-5-12/h6-7,10,12,16-17H,2-5,8-9H2,1H3. The van der Waals surface area contributed by atoms with E-state index >= 15 is 0 Å². The summed E-state index contributed by atoms with van der Waals surface area (Å²) in [6, 6.07) is 6.14. The number of unbranched alkanes of at least 4 members (excludes halogenated alkanes) is 1. The van der Waals surface area contributed by atoms with Gasteiger partial charge in [0.25, 0.3) is 0 Å². The fourth-order valence-corrected chi connectivity index (χ4v) is 3.37. The first-order valence-electron chi connectivity index (χ1n) is 6.96. The smallest absolute Gasteiger partial charge is 0.232 e. The Labute approximate surface area is 129 Å². The third-order valence-corrected chi connectivity index (χ3v) is 5.54. The van der Waals surface area contributed by atoms with Crippen LogP contribution in [0.3, 0.4) is 0 Å². The summed E-state index contributed by atoms with van der Waals surface area (Å²) < 4.78 is 27.5. The molecule has 2 N–H and O–H groups in total. The maximum Gasteiger partial charge on any atom is 0.232 e. The van der Waals surface area contributed by atoms with Crippen molar-refractivity contribution < 1.29 is 8.42 Å². The number of halogens is 1. The minimum atomic E-state index is -3.24. The molecule has 0 saturated heterocycles. The molecule has 6 heteroatoms. The lowest BCUT2D eigenvalue weighted by Gasteiger charge is -2.09. The van der Waals surface area contributed by atoms with E-state index in [1.54, 1.807) is 6.07 Å². The van der Waals surface area contributed by atoms with E-state index in [1.807, 2.05) is 19.1 Å². The Morgan fingerprint density at radius 3 is 2.70 bits per heavy atom. The summed E-state index contributed by atoms with van der Waals surface area (Å²) in [5.41, 5.74) is 1.64. The van der Waals surface area contributed by atoms with Crippen LogP contribution < -0.4 is 10.0 Å². The molecular weight excluding hydrogens is 340 g/mol. The average Bonchev–Trinajstić information content (AvgIpc) is 3.17. The molecule has 0 aromatic heterocycles. The molecule has 2 rings (SSSR count). The van der Waals surface area contributed by atoms with Gasteiger partial charge in [-0.1, -0.05) is 15.9 Å². The predicted octanol–water partition coefficient (Wildman–Crippen LogP) is 3.03. The normalized spacial score (nSPS) is 15.3. The summed E-state index contributed by atoms with van der Waals surface area (Å²) in [5, 5.41) is 3.39. The highest BCUT2D eigenvalue weighted by atomic mass is 79.9. The first kappa shape index (κ1) is 15.8. The van der Waals surface area contributed by atoms with Gasteiger partial charge in [-0.05, 0) is 62.9 Å². The highest BCUT2D eigenvalue weighted by Crippen LogP contribution is 2.21. The summed E-state index contributed by atoms with van der Waals surface area (Å²) in [7, 11) is -3.24. The molecule has 1 fully saturated rings. The molecular formula is C14H21BrN2O2S. The number of rotatable bonds is 8. The van der Waals surface area contributed by atoms with E-state index in [0.717, 1.165) is 23.0 Å². The quantitative estimate of drug-likeness (QED) is 0.700. The van der Waals surface area contributed by atoms with Gasteiger partial charge in [-0.15, -0.1) is 0 Å². The molecule has 1 aromatic carbocycles. The van der Waals surface area contributed by atoms with Crippen molar-refractivity contribution in [1.29, 1.82) is 0 Å². The number of hydrogen-bond acceptors (Lipinski definition) is 3. The molecule has 1 saturated carbocycles. The Kier molecular flexibility index (Phi) is 5.46. The third kappa shape index (κ3) is 5.42. The SMILES string of the molecule is Cc1cc(NS(=O)(=O)CCCCNC2CC2)ccc1Br. The maximum atomic E-state index is 12.0. The molecule has 112 valence electrons. The summed E-state index contributed by atoms with van der Waals surface area (Å²) >= 11 is 3.40. The zero-order valence-corrected chi connectivity index (χ0v) is 14.1. The molecule has 0 atom stereocenters. The van der Waals surface area contributed by atoms with Crippen molar-refractivity contribution in [2.75, 3.05) is 17.0 Å². The molecule has 0 unspecified atom stereocenters. The minimum absolute atomic E-state index is 0.175. The van der Waals surface area contributed by atoms with Crippen LogP contribution in [0.25, 0.3) is 0 Å². The monoisotopic (exact) mass is 360 g/mol. The second-order valence-electron chi connectivity index (χ2n) is 5.32. The van der Waals surface area contributed by atoms with Crippen LogP contribution in [0.4, 0.5) is 5.69 Å². The van der Waals surface area contributed by atoms with Crippen molar-refractivity contribution in [1.82, 2.24) is 5.32 Å². The number of aryl methyl sites for hydroxylation is 1. The zero-order chi connectivity index (χ0) is 14.6. The number of benzene rings is 1. The van der Waals surface area contributed by atoms with E-state index in [1.165, 1.54) is 12.8 Å². The third-order valence-electron chi connectivity index (χ3n) is 3.28. The molecule has 1 aliphatic rings. The Morgan fingerprint density at radius 1 is 1.30 bits per heavy atom. The average molecular weight is 361 g/mol. The van der Waals surface area contributed by atoms with E-state index in [4.69, 9.17) is 0 Å². The molecule has 20 heavy (non-hydrogen) atoms. The van der Waals surface area contributed by atoms with Gasteiger partial charge in [0, 0.05) is 16.2 Å². The lowest BCUT2D eigenvalue weighted by Crippen LogP contribution is -2.20. The van der Waals surface area contributed by atoms with E-state index in [2.05, 4.69) is 26.0 Å². The first-order valence-corrected chi connectivity index (χ1v) is 9.41. The van der Waals surface area contributed by atoms with Gasteiger partial charge in [0.1, 0.15) is 0 Å². The number of sulfonamides is 1. The van der Waals surface area contributed by atoms with Gasteiger partial charge in [-0.2, -0.15) is 0 Å². The van der Waals surface area contributed by atoms with Crippen LogP contribution in [0.2, 0.25) is 0 Å². The molecule has 1 aliphatic carbocycles. The van der Waals surface area contributed by atoms with Crippen molar-refractivity contribution >= 4 is 31.6 Å². The molecule has 0 spiro atoms. The molecule has 1 aromatic rings. The van der Waals surface area contributed by atoms with Gasteiger partial charge in [0.05, 0.1) is 5.75 Å². The van der Waals surface area contributed by atoms with Crippen LogP contribution in [-0.4, -0.2) is 26.8 Å². The van der Waals surface area contributed by atoms with Crippen molar-refractivity contribution in [3.8, 4) is 0 Å². The van der Waals surface area contributed by atoms with Gasteiger partial charge in [-0.3, -0.25) is 4.72 Å². The van der Waals surface area contributed by atoms with E-state index < -0.39 is 10.0 Å². The highest BCUT2D eigenvalue weighted by molar-refractivity contribution is 9.10. The van der Waals surface area contributed by atoms with Crippen LogP contribution in [-0.2, 0) is 10.0 Å². The van der Waals surface area contributed by atoms with Gasteiger partial charge < -0.3 is 5.32 Å². The van der Waals surface area contributed by atoms with Crippen LogP contribution >= 0.6 is 15.9 Å². The largest absolute Gasteiger partial charge is 0.314 e. The van der Waals surface area contributed by atoms with Crippen molar-refractivity contribution in [2.45, 2.75) is 38.6 Å². The first-order chi connectivity index (χ1) is 9.46. The van der Waals surface area contributed by atoms with Gasteiger partial charge in [-0.25, -0.2) is 8.42 Å². The van der Waals surface area contributed by atoms with E-state index in [9.17, 15) is 8.42 Å². The lowest BCUT2D eigenvalue weighted by molar-refractivity contribution is 0.591. The molecule has 0 bridgehead atoms. The molecule has 0 radical (unpaired) electrons. The predicted molar refractivity (Wildman–Crippen MR) is 86.5 cm³/mol. The van der Waals surface area contributed by atoms with Gasteiger partial charge in [0.2, 0.25) is 10.0 Å². The molecule has 0 amide bonds. The Bertz CT molecular complexity index is 556. The number of anilines is 1. The lowest BCUT2D eigenvalue weighted by atomic mass is 10.2.